The Morgan fingerprint density at radius 1 is 1.21 bits per heavy atom. The number of carbonyl (C=O) groups excluding carboxylic acids is 1. The quantitative estimate of drug-likeness (QED) is 0.471. The van der Waals surface area contributed by atoms with Crippen LogP contribution in [0.15, 0.2) is 30.6 Å². The Labute approximate surface area is 206 Å². The van der Waals surface area contributed by atoms with Crippen LogP contribution in [0, 0.1) is 23.6 Å². The number of carbonyl (C=O) groups is 1. The molecule has 2 aromatic rings. The van der Waals surface area contributed by atoms with Gasteiger partial charge in [-0.1, -0.05) is 17.7 Å². The largest absolute Gasteiger partial charge is 0.493 e. The summed E-state index contributed by atoms with van der Waals surface area (Å²) >= 11 is 5.89. The molecule has 4 rings (SSSR count). The summed E-state index contributed by atoms with van der Waals surface area (Å²) in [6.45, 7) is 7.68. The fourth-order valence-corrected chi connectivity index (χ4v) is 5.21. The van der Waals surface area contributed by atoms with E-state index < -0.39 is 0 Å². The lowest BCUT2D eigenvalue weighted by atomic mass is 9.90. The number of anilines is 1. The lowest BCUT2D eigenvalue weighted by molar-refractivity contribution is -0.130. The van der Waals surface area contributed by atoms with Crippen molar-refractivity contribution in [1.29, 1.82) is 0 Å². The molecule has 1 saturated heterocycles. The Bertz CT molecular complexity index is 962. The standard InChI is InChI=1S/C26H34ClFN4O2/c1-3-31(4-2)25(33)14-20-5-6-22(15-24(20)28)34-12-9-19-13-23(19)18-7-10-32(11-8-18)26-29-16-21(27)17-30-26/h5-6,15-19,23H,3-4,7-14H2,1-2H3/t19-,23?/m1/s1. The zero-order valence-electron chi connectivity index (χ0n) is 20.1. The van der Waals surface area contributed by atoms with E-state index in [-0.39, 0.29) is 18.1 Å². The van der Waals surface area contributed by atoms with Crippen LogP contribution in [0.4, 0.5) is 10.3 Å². The molecule has 2 fully saturated rings. The summed E-state index contributed by atoms with van der Waals surface area (Å²) < 4.78 is 20.3. The smallest absolute Gasteiger partial charge is 0.227 e. The van der Waals surface area contributed by atoms with E-state index in [1.54, 1.807) is 29.4 Å². The highest BCUT2D eigenvalue weighted by Gasteiger charge is 2.43. The van der Waals surface area contributed by atoms with Gasteiger partial charge in [-0.15, -0.1) is 0 Å². The minimum atomic E-state index is -0.376. The van der Waals surface area contributed by atoms with Crippen LogP contribution >= 0.6 is 11.6 Å². The Morgan fingerprint density at radius 3 is 2.56 bits per heavy atom. The maximum absolute atomic E-state index is 14.5. The van der Waals surface area contributed by atoms with Crippen LogP contribution in [0.2, 0.25) is 5.02 Å². The zero-order chi connectivity index (χ0) is 24.1. The van der Waals surface area contributed by atoms with E-state index in [0.29, 0.717) is 41.9 Å². The van der Waals surface area contributed by atoms with Crippen LogP contribution in [-0.4, -0.2) is 53.6 Å². The lowest BCUT2D eigenvalue weighted by Gasteiger charge is -2.32. The molecule has 2 aliphatic rings. The van der Waals surface area contributed by atoms with Gasteiger partial charge in [0.15, 0.2) is 0 Å². The number of rotatable bonds is 10. The Hall–Kier alpha value is -2.41. The maximum Gasteiger partial charge on any atom is 0.227 e. The first-order chi connectivity index (χ1) is 16.5. The predicted molar refractivity (Wildman–Crippen MR) is 132 cm³/mol. The molecular formula is C26H34ClFN4O2. The minimum Gasteiger partial charge on any atom is -0.493 e. The number of hydrogen-bond donors (Lipinski definition) is 0. The van der Waals surface area contributed by atoms with Gasteiger partial charge in [0.1, 0.15) is 11.6 Å². The van der Waals surface area contributed by atoms with Gasteiger partial charge in [-0.3, -0.25) is 4.79 Å². The van der Waals surface area contributed by atoms with Crippen molar-refractivity contribution in [2.45, 2.75) is 46.0 Å². The predicted octanol–water partition coefficient (Wildman–Crippen LogP) is 5.00. The highest BCUT2D eigenvalue weighted by atomic mass is 35.5. The molecule has 1 amide bonds. The molecule has 6 nitrogen and oxygen atoms in total. The van der Waals surface area contributed by atoms with Gasteiger partial charge >= 0.3 is 0 Å². The number of likely N-dealkylation sites (N-methyl/N-ethyl adjacent to an activating group) is 1. The molecule has 1 aliphatic carbocycles. The average molecular weight is 489 g/mol. The summed E-state index contributed by atoms with van der Waals surface area (Å²) in [7, 11) is 0. The molecule has 184 valence electrons. The first-order valence-corrected chi connectivity index (χ1v) is 12.8. The SMILES string of the molecule is CCN(CC)C(=O)Cc1ccc(OCC[C@@H]2CC2C2CCN(c3ncc(Cl)cn3)CC2)cc1F. The number of nitrogens with zero attached hydrogens (tertiary/aromatic N) is 4. The van der Waals surface area contributed by atoms with Crippen molar-refractivity contribution in [3.63, 3.8) is 0 Å². The van der Waals surface area contributed by atoms with Crippen LogP contribution in [0.25, 0.3) is 0 Å². The van der Waals surface area contributed by atoms with E-state index in [9.17, 15) is 9.18 Å². The molecular weight excluding hydrogens is 455 g/mol. The van der Waals surface area contributed by atoms with Crippen molar-refractivity contribution in [3.05, 3.63) is 47.0 Å². The van der Waals surface area contributed by atoms with E-state index in [1.165, 1.54) is 12.5 Å². The number of amides is 1. The maximum atomic E-state index is 14.5. The van der Waals surface area contributed by atoms with Crippen molar-refractivity contribution in [3.8, 4) is 5.75 Å². The summed E-state index contributed by atoms with van der Waals surface area (Å²) in [6, 6.07) is 4.85. The van der Waals surface area contributed by atoms with Crippen molar-refractivity contribution < 1.29 is 13.9 Å². The third-order valence-electron chi connectivity index (χ3n) is 7.25. The Morgan fingerprint density at radius 2 is 1.91 bits per heavy atom. The second kappa shape index (κ2) is 11.3. The van der Waals surface area contributed by atoms with E-state index in [2.05, 4.69) is 14.9 Å². The molecule has 34 heavy (non-hydrogen) atoms. The van der Waals surface area contributed by atoms with E-state index >= 15 is 0 Å². The highest BCUT2D eigenvalue weighted by Crippen LogP contribution is 2.49. The molecule has 8 heteroatoms. The average Bonchev–Trinajstić information content (AvgIpc) is 3.62. The highest BCUT2D eigenvalue weighted by molar-refractivity contribution is 6.30. The summed E-state index contributed by atoms with van der Waals surface area (Å²) in [5.41, 5.74) is 0.418. The van der Waals surface area contributed by atoms with E-state index in [1.807, 2.05) is 13.8 Å². The van der Waals surface area contributed by atoms with Crippen molar-refractivity contribution in [2.75, 3.05) is 37.7 Å². The van der Waals surface area contributed by atoms with Gasteiger partial charge in [0.25, 0.3) is 0 Å². The summed E-state index contributed by atoms with van der Waals surface area (Å²) in [6.07, 6.45) is 7.96. The van der Waals surface area contributed by atoms with E-state index in [4.69, 9.17) is 16.3 Å². The first-order valence-electron chi connectivity index (χ1n) is 12.4. The van der Waals surface area contributed by atoms with Gasteiger partial charge in [-0.2, -0.15) is 0 Å². The lowest BCUT2D eigenvalue weighted by Crippen LogP contribution is -2.35. The van der Waals surface area contributed by atoms with Crippen LogP contribution < -0.4 is 9.64 Å². The summed E-state index contributed by atoms with van der Waals surface area (Å²) in [4.78, 5) is 24.9. The van der Waals surface area contributed by atoms with Gasteiger partial charge in [0.05, 0.1) is 30.4 Å². The number of piperidine rings is 1. The summed E-state index contributed by atoms with van der Waals surface area (Å²) in [5, 5.41) is 0.561. The fourth-order valence-electron chi connectivity index (χ4n) is 5.12. The summed E-state index contributed by atoms with van der Waals surface area (Å²) in [5.74, 6) is 3.07. The van der Waals surface area contributed by atoms with Gasteiger partial charge in [-0.05, 0) is 68.9 Å². The minimum absolute atomic E-state index is 0.0520. The van der Waals surface area contributed by atoms with Crippen LogP contribution in [0.1, 0.15) is 45.1 Å². The van der Waals surface area contributed by atoms with Crippen molar-refractivity contribution in [2.24, 2.45) is 17.8 Å². The second-order valence-electron chi connectivity index (χ2n) is 9.32. The molecule has 1 saturated carbocycles. The van der Waals surface area contributed by atoms with Crippen LogP contribution in [-0.2, 0) is 11.2 Å². The molecule has 2 atom stereocenters. The first kappa shape index (κ1) is 24.7. The van der Waals surface area contributed by atoms with Gasteiger partial charge in [0.2, 0.25) is 11.9 Å². The monoisotopic (exact) mass is 488 g/mol. The molecule has 1 aliphatic heterocycles. The van der Waals surface area contributed by atoms with Crippen LogP contribution in [0.5, 0.6) is 5.75 Å². The van der Waals surface area contributed by atoms with Gasteiger partial charge < -0.3 is 14.5 Å². The molecule has 1 aromatic heterocycles. The number of benzene rings is 1. The Balaban J connectivity index is 1.17. The van der Waals surface area contributed by atoms with Crippen molar-refractivity contribution >= 4 is 23.5 Å². The second-order valence-corrected chi connectivity index (χ2v) is 9.75. The molecule has 0 N–H and O–H groups in total. The molecule has 1 aromatic carbocycles. The molecule has 0 radical (unpaired) electrons. The van der Waals surface area contributed by atoms with E-state index in [0.717, 1.165) is 50.1 Å². The molecule has 0 spiro atoms. The van der Waals surface area contributed by atoms with Gasteiger partial charge in [-0.25, -0.2) is 14.4 Å². The number of halogens is 2. The normalized spacial score (nSPS) is 20.3. The van der Waals surface area contributed by atoms with Crippen molar-refractivity contribution in [1.82, 2.24) is 14.9 Å². The Kier molecular flexibility index (Phi) is 8.24. The number of aromatic nitrogens is 2. The molecule has 2 heterocycles. The van der Waals surface area contributed by atoms with Crippen LogP contribution in [0.3, 0.4) is 0 Å². The zero-order valence-corrected chi connectivity index (χ0v) is 20.8. The third kappa shape index (κ3) is 6.17. The number of ether oxygens (including phenoxy) is 1. The molecule has 0 bridgehead atoms. The molecule has 1 unspecified atom stereocenters. The topological polar surface area (TPSA) is 58.6 Å². The number of hydrogen-bond acceptors (Lipinski definition) is 5. The fraction of sp³-hybridized carbons (Fsp3) is 0.577. The van der Waals surface area contributed by atoms with Gasteiger partial charge in [0, 0.05) is 32.2 Å². The third-order valence-corrected chi connectivity index (χ3v) is 7.45.